The van der Waals surface area contributed by atoms with E-state index in [1.807, 2.05) is 66.4 Å². The standard InChI is InChI=1S/C26H27N3O4/c1-17-8-4-6-10-20(17)24(23(18(2)30)26(32)33-3)28-12-14-29(15-13-28)25(31)22-16-19-9-5-7-11-21(19)27-22/h4-11,16,27H,12-15H2,1-3H3/b24-23-. The molecule has 0 atom stereocenters. The lowest BCUT2D eigenvalue weighted by Crippen LogP contribution is -2.48. The summed E-state index contributed by atoms with van der Waals surface area (Å²) in [5.74, 6) is -1.07. The molecule has 1 fully saturated rings. The summed E-state index contributed by atoms with van der Waals surface area (Å²) in [5.41, 5.74) is 3.83. The van der Waals surface area contributed by atoms with E-state index in [1.54, 1.807) is 4.90 Å². The Hall–Kier alpha value is -3.87. The van der Waals surface area contributed by atoms with Crippen molar-refractivity contribution in [3.63, 3.8) is 0 Å². The van der Waals surface area contributed by atoms with Crippen LogP contribution in [0.5, 0.6) is 0 Å². The van der Waals surface area contributed by atoms with Crippen LogP contribution in [-0.2, 0) is 14.3 Å². The first-order chi connectivity index (χ1) is 15.9. The van der Waals surface area contributed by atoms with E-state index in [9.17, 15) is 14.4 Å². The SMILES string of the molecule is COC(=O)/C(C(C)=O)=C(/c1ccccc1C)N1CCN(C(=O)c2cc3ccccc3[nH]2)CC1. The number of piperazine rings is 1. The van der Waals surface area contributed by atoms with Crippen molar-refractivity contribution in [3.8, 4) is 0 Å². The molecule has 0 aliphatic carbocycles. The normalized spacial score (nSPS) is 14.8. The molecule has 0 unspecified atom stereocenters. The number of H-pyrrole nitrogens is 1. The van der Waals surface area contributed by atoms with Gasteiger partial charge in [0.1, 0.15) is 11.3 Å². The molecule has 0 spiro atoms. The first-order valence-corrected chi connectivity index (χ1v) is 10.9. The number of ketones is 1. The molecule has 170 valence electrons. The molecular weight excluding hydrogens is 418 g/mol. The number of nitrogens with zero attached hydrogens (tertiary/aromatic N) is 2. The van der Waals surface area contributed by atoms with E-state index in [-0.39, 0.29) is 17.3 Å². The molecule has 4 rings (SSSR count). The molecule has 7 nitrogen and oxygen atoms in total. The molecule has 1 saturated heterocycles. The van der Waals surface area contributed by atoms with E-state index in [2.05, 4.69) is 4.98 Å². The van der Waals surface area contributed by atoms with Crippen LogP contribution >= 0.6 is 0 Å². The minimum absolute atomic E-state index is 0.0298. The number of amides is 1. The van der Waals surface area contributed by atoms with Crippen LogP contribution in [0.25, 0.3) is 16.6 Å². The molecule has 1 amide bonds. The fourth-order valence-electron chi connectivity index (χ4n) is 4.30. The zero-order valence-electron chi connectivity index (χ0n) is 19.1. The number of aromatic amines is 1. The summed E-state index contributed by atoms with van der Waals surface area (Å²) in [5, 5.41) is 0.994. The first-order valence-electron chi connectivity index (χ1n) is 10.9. The highest BCUT2D eigenvalue weighted by Crippen LogP contribution is 2.29. The number of methoxy groups -OCH3 is 1. The Labute approximate surface area is 192 Å². The van der Waals surface area contributed by atoms with Gasteiger partial charge in [0, 0.05) is 42.6 Å². The Morgan fingerprint density at radius 1 is 0.909 bits per heavy atom. The van der Waals surface area contributed by atoms with E-state index in [0.717, 1.165) is 22.0 Å². The number of benzene rings is 2. The van der Waals surface area contributed by atoms with Crippen LogP contribution in [0.3, 0.4) is 0 Å². The lowest BCUT2D eigenvalue weighted by atomic mass is 9.97. The van der Waals surface area contributed by atoms with E-state index < -0.39 is 5.97 Å². The molecule has 33 heavy (non-hydrogen) atoms. The second kappa shape index (κ2) is 9.32. The lowest BCUT2D eigenvalue weighted by molar-refractivity contribution is -0.137. The van der Waals surface area contributed by atoms with Gasteiger partial charge in [0.05, 0.1) is 12.8 Å². The molecule has 1 aliphatic rings. The summed E-state index contributed by atoms with van der Waals surface area (Å²) in [6.45, 7) is 5.24. The summed E-state index contributed by atoms with van der Waals surface area (Å²) in [6, 6.07) is 17.3. The molecule has 0 saturated carbocycles. The van der Waals surface area contributed by atoms with Crippen molar-refractivity contribution in [2.24, 2.45) is 0 Å². The number of rotatable bonds is 5. The van der Waals surface area contributed by atoms with Crippen LogP contribution in [0.4, 0.5) is 0 Å². The van der Waals surface area contributed by atoms with Crippen LogP contribution in [-0.4, -0.2) is 65.7 Å². The van der Waals surface area contributed by atoms with Crippen molar-refractivity contribution >= 4 is 34.3 Å². The average molecular weight is 446 g/mol. The summed E-state index contributed by atoms with van der Waals surface area (Å²) in [7, 11) is 1.28. The zero-order chi connectivity index (χ0) is 23.5. The number of ether oxygens (including phenoxy) is 1. The van der Waals surface area contributed by atoms with Gasteiger partial charge in [-0.25, -0.2) is 4.79 Å². The first kappa shape index (κ1) is 22.3. The van der Waals surface area contributed by atoms with Crippen molar-refractivity contribution < 1.29 is 19.1 Å². The summed E-state index contributed by atoms with van der Waals surface area (Å²) in [4.78, 5) is 45.2. The Kier molecular flexibility index (Phi) is 6.31. The molecule has 2 aromatic carbocycles. The highest BCUT2D eigenvalue weighted by Gasteiger charge is 2.30. The van der Waals surface area contributed by atoms with Gasteiger partial charge in [-0.15, -0.1) is 0 Å². The van der Waals surface area contributed by atoms with Crippen LogP contribution < -0.4 is 0 Å². The topological polar surface area (TPSA) is 82.7 Å². The van der Waals surface area contributed by atoms with Gasteiger partial charge in [-0.1, -0.05) is 42.5 Å². The number of carbonyl (C=O) groups is 3. The number of fused-ring (bicyclic) bond motifs is 1. The van der Waals surface area contributed by atoms with Gasteiger partial charge < -0.3 is 19.5 Å². The van der Waals surface area contributed by atoms with Crippen molar-refractivity contribution in [3.05, 3.63) is 77.0 Å². The third-order valence-electron chi connectivity index (χ3n) is 6.02. The highest BCUT2D eigenvalue weighted by atomic mass is 16.5. The molecule has 1 aliphatic heterocycles. The van der Waals surface area contributed by atoms with E-state index >= 15 is 0 Å². The van der Waals surface area contributed by atoms with Gasteiger partial charge in [-0.05, 0) is 31.5 Å². The number of nitrogens with one attached hydrogen (secondary N) is 1. The molecule has 0 radical (unpaired) electrons. The number of Topliss-reactive ketones (excluding diaryl/α,β-unsaturated/α-hetero) is 1. The third-order valence-corrected chi connectivity index (χ3v) is 6.02. The van der Waals surface area contributed by atoms with Gasteiger partial charge in [0.15, 0.2) is 5.78 Å². The van der Waals surface area contributed by atoms with Crippen LogP contribution in [0, 0.1) is 6.92 Å². The van der Waals surface area contributed by atoms with Gasteiger partial charge in [-0.2, -0.15) is 0 Å². The fourth-order valence-corrected chi connectivity index (χ4v) is 4.30. The number of carbonyl (C=O) groups excluding carboxylic acids is 3. The minimum atomic E-state index is -0.655. The number of aromatic nitrogens is 1. The molecule has 0 bridgehead atoms. The quantitative estimate of drug-likeness (QED) is 0.282. The number of esters is 1. The number of hydrogen-bond donors (Lipinski definition) is 1. The minimum Gasteiger partial charge on any atom is -0.465 e. The number of para-hydroxylation sites is 1. The second-order valence-corrected chi connectivity index (χ2v) is 8.14. The average Bonchev–Trinajstić information content (AvgIpc) is 3.26. The van der Waals surface area contributed by atoms with Crippen molar-refractivity contribution in [1.29, 1.82) is 0 Å². The molecule has 3 aromatic rings. The van der Waals surface area contributed by atoms with Crippen LogP contribution in [0.2, 0.25) is 0 Å². The molecule has 2 heterocycles. The highest BCUT2D eigenvalue weighted by molar-refractivity contribution is 6.21. The monoisotopic (exact) mass is 445 g/mol. The third kappa shape index (κ3) is 4.39. The Bertz CT molecular complexity index is 1220. The molecule has 7 heteroatoms. The number of aryl methyl sites for hydroxylation is 1. The van der Waals surface area contributed by atoms with Crippen molar-refractivity contribution in [2.75, 3.05) is 33.3 Å². The summed E-state index contributed by atoms with van der Waals surface area (Å²) in [6.07, 6.45) is 0. The zero-order valence-corrected chi connectivity index (χ0v) is 19.1. The van der Waals surface area contributed by atoms with Crippen molar-refractivity contribution in [2.45, 2.75) is 13.8 Å². The predicted molar refractivity (Wildman–Crippen MR) is 127 cm³/mol. The van der Waals surface area contributed by atoms with Gasteiger partial charge >= 0.3 is 5.97 Å². The molecular formula is C26H27N3O4. The Morgan fingerprint density at radius 3 is 2.18 bits per heavy atom. The van der Waals surface area contributed by atoms with E-state index in [1.165, 1.54) is 14.0 Å². The van der Waals surface area contributed by atoms with E-state index in [0.29, 0.717) is 37.6 Å². The second-order valence-electron chi connectivity index (χ2n) is 8.14. The van der Waals surface area contributed by atoms with Gasteiger partial charge in [-0.3, -0.25) is 9.59 Å². The van der Waals surface area contributed by atoms with Gasteiger partial charge in [0.25, 0.3) is 5.91 Å². The van der Waals surface area contributed by atoms with Crippen LogP contribution in [0.15, 0.2) is 60.2 Å². The lowest BCUT2D eigenvalue weighted by Gasteiger charge is -2.38. The largest absolute Gasteiger partial charge is 0.465 e. The molecule has 1 N–H and O–H groups in total. The van der Waals surface area contributed by atoms with E-state index in [4.69, 9.17) is 4.74 Å². The smallest absolute Gasteiger partial charge is 0.343 e. The maximum absolute atomic E-state index is 13.1. The number of hydrogen-bond acceptors (Lipinski definition) is 5. The maximum atomic E-state index is 13.1. The molecule has 1 aromatic heterocycles. The van der Waals surface area contributed by atoms with Gasteiger partial charge in [0.2, 0.25) is 0 Å². The van der Waals surface area contributed by atoms with Crippen LogP contribution in [0.1, 0.15) is 28.5 Å². The fraction of sp³-hybridized carbons (Fsp3) is 0.269. The summed E-state index contributed by atoms with van der Waals surface area (Å²) < 4.78 is 4.94. The predicted octanol–water partition coefficient (Wildman–Crippen LogP) is 3.41. The Morgan fingerprint density at radius 2 is 1.55 bits per heavy atom. The summed E-state index contributed by atoms with van der Waals surface area (Å²) >= 11 is 0. The Balaban J connectivity index is 1.62. The maximum Gasteiger partial charge on any atom is 0.343 e. The van der Waals surface area contributed by atoms with Crippen molar-refractivity contribution in [1.82, 2.24) is 14.8 Å².